The van der Waals surface area contributed by atoms with Crippen LogP contribution in [0.15, 0.2) is 0 Å². The van der Waals surface area contributed by atoms with E-state index in [0.29, 0.717) is 0 Å². The zero-order valence-electron chi connectivity index (χ0n) is 8.12. The average molecular weight is 183 g/mol. The highest BCUT2D eigenvalue weighted by Crippen LogP contribution is 2.13. The lowest BCUT2D eigenvalue weighted by atomic mass is 10.0. The molecular formula is C9H15N2O2. The second-order valence-electron chi connectivity index (χ2n) is 3.44. The first-order chi connectivity index (χ1) is 6.15. The Labute approximate surface area is 78.5 Å². The highest BCUT2D eigenvalue weighted by Gasteiger charge is 2.22. The summed E-state index contributed by atoms with van der Waals surface area (Å²) >= 11 is 0. The minimum atomic E-state index is 0.121. The van der Waals surface area contributed by atoms with Gasteiger partial charge in [0, 0.05) is 33.1 Å². The summed E-state index contributed by atoms with van der Waals surface area (Å²) in [5, 5.41) is 0. The molecule has 0 aliphatic carbocycles. The van der Waals surface area contributed by atoms with E-state index in [1.807, 2.05) is 11.3 Å². The third-order valence-corrected chi connectivity index (χ3v) is 2.60. The van der Waals surface area contributed by atoms with Gasteiger partial charge < -0.3 is 9.80 Å². The number of rotatable bonds is 2. The molecule has 1 fully saturated rings. The van der Waals surface area contributed by atoms with Gasteiger partial charge in [0.15, 0.2) is 0 Å². The Hall–Kier alpha value is -1.06. The normalized spacial score (nSPS) is 18.5. The molecule has 0 aromatic carbocycles. The zero-order valence-corrected chi connectivity index (χ0v) is 8.12. The van der Waals surface area contributed by atoms with E-state index >= 15 is 0 Å². The molecule has 73 valence electrons. The molecule has 1 heterocycles. The minimum absolute atomic E-state index is 0.121. The van der Waals surface area contributed by atoms with Gasteiger partial charge in [0.2, 0.25) is 5.91 Å². The first-order valence-electron chi connectivity index (χ1n) is 4.51. The molecule has 4 nitrogen and oxygen atoms in total. The number of amides is 2. The Morgan fingerprint density at radius 2 is 2.00 bits per heavy atom. The Bertz CT molecular complexity index is 198. The molecule has 1 rings (SSSR count). The fraction of sp³-hybridized carbons (Fsp3) is 0.778. The summed E-state index contributed by atoms with van der Waals surface area (Å²) in [5.74, 6) is 0.121. The number of nitrogens with zero attached hydrogens (tertiary/aromatic N) is 2. The van der Waals surface area contributed by atoms with Crippen molar-refractivity contribution in [3.8, 4) is 0 Å². The van der Waals surface area contributed by atoms with Crippen molar-refractivity contribution in [1.29, 1.82) is 0 Å². The third kappa shape index (κ3) is 2.44. The zero-order chi connectivity index (χ0) is 9.84. The highest BCUT2D eigenvalue weighted by molar-refractivity contribution is 5.73. The third-order valence-electron chi connectivity index (χ3n) is 2.60. The SMILES string of the molecule is CC(=O)N1CCC(N(C)[C]=O)CC1. The maximum Gasteiger partial charge on any atom is 0.312 e. The van der Waals surface area contributed by atoms with Crippen molar-refractivity contribution in [3.63, 3.8) is 0 Å². The summed E-state index contributed by atoms with van der Waals surface area (Å²) in [6.07, 6.45) is 3.59. The topological polar surface area (TPSA) is 40.6 Å². The molecule has 2 amide bonds. The molecule has 0 spiro atoms. The molecule has 1 radical (unpaired) electrons. The van der Waals surface area contributed by atoms with E-state index in [2.05, 4.69) is 0 Å². The molecule has 0 aromatic heterocycles. The summed E-state index contributed by atoms with van der Waals surface area (Å²) in [6.45, 7) is 3.09. The van der Waals surface area contributed by atoms with Gasteiger partial charge in [-0.15, -0.1) is 0 Å². The molecule has 1 aliphatic rings. The van der Waals surface area contributed by atoms with Gasteiger partial charge in [-0.1, -0.05) is 0 Å². The number of piperidine rings is 1. The molecule has 0 bridgehead atoms. The van der Waals surface area contributed by atoms with Crippen LogP contribution in [0.3, 0.4) is 0 Å². The van der Waals surface area contributed by atoms with Gasteiger partial charge in [0.05, 0.1) is 0 Å². The highest BCUT2D eigenvalue weighted by atomic mass is 16.2. The number of hydrogen-bond acceptors (Lipinski definition) is 2. The van der Waals surface area contributed by atoms with Crippen LogP contribution in [-0.4, -0.2) is 48.3 Å². The van der Waals surface area contributed by atoms with E-state index in [9.17, 15) is 9.59 Å². The van der Waals surface area contributed by atoms with Crippen LogP contribution in [0.1, 0.15) is 19.8 Å². The second kappa shape index (κ2) is 4.25. The maximum absolute atomic E-state index is 11.0. The van der Waals surface area contributed by atoms with Crippen molar-refractivity contribution in [3.05, 3.63) is 0 Å². The molecule has 0 atom stereocenters. The van der Waals surface area contributed by atoms with Crippen molar-refractivity contribution < 1.29 is 9.59 Å². The monoisotopic (exact) mass is 183 g/mol. The second-order valence-corrected chi connectivity index (χ2v) is 3.44. The Balaban J connectivity index is 2.38. The molecule has 13 heavy (non-hydrogen) atoms. The van der Waals surface area contributed by atoms with Gasteiger partial charge in [0.1, 0.15) is 0 Å². The summed E-state index contributed by atoms with van der Waals surface area (Å²) in [6, 6.07) is 0.257. The summed E-state index contributed by atoms with van der Waals surface area (Å²) in [4.78, 5) is 24.7. The van der Waals surface area contributed by atoms with Crippen molar-refractivity contribution in [1.82, 2.24) is 9.80 Å². The quantitative estimate of drug-likeness (QED) is 0.565. The van der Waals surface area contributed by atoms with Crippen molar-refractivity contribution >= 4 is 12.3 Å². The van der Waals surface area contributed by atoms with Gasteiger partial charge in [-0.05, 0) is 12.8 Å². The van der Waals surface area contributed by atoms with E-state index in [1.54, 1.807) is 18.9 Å². The van der Waals surface area contributed by atoms with Gasteiger partial charge >= 0.3 is 6.41 Å². The van der Waals surface area contributed by atoms with Crippen LogP contribution in [0.5, 0.6) is 0 Å². The number of carbonyl (C=O) groups is 1. The number of hydrogen-bond donors (Lipinski definition) is 0. The predicted molar refractivity (Wildman–Crippen MR) is 48.7 cm³/mol. The van der Waals surface area contributed by atoms with E-state index in [0.717, 1.165) is 25.9 Å². The Kier molecular flexibility index (Phi) is 3.28. The molecule has 0 N–H and O–H groups in total. The van der Waals surface area contributed by atoms with Gasteiger partial charge in [-0.2, -0.15) is 0 Å². The van der Waals surface area contributed by atoms with Crippen LogP contribution in [0.4, 0.5) is 0 Å². The standard InChI is InChI=1S/C9H15N2O2/c1-8(13)11-5-3-9(4-6-11)10(2)7-12/h9H,3-6H2,1-2H3. The van der Waals surface area contributed by atoms with Crippen LogP contribution in [0.2, 0.25) is 0 Å². The van der Waals surface area contributed by atoms with Crippen molar-refractivity contribution in [2.75, 3.05) is 20.1 Å². The Morgan fingerprint density at radius 1 is 1.46 bits per heavy atom. The molecule has 0 aromatic rings. The largest absolute Gasteiger partial charge is 0.343 e. The average Bonchev–Trinajstić information content (AvgIpc) is 2.17. The summed E-state index contributed by atoms with van der Waals surface area (Å²) < 4.78 is 0. The van der Waals surface area contributed by atoms with Crippen LogP contribution in [0.25, 0.3) is 0 Å². The van der Waals surface area contributed by atoms with Gasteiger partial charge in [-0.3, -0.25) is 9.59 Å². The fourth-order valence-corrected chi connectivity index (χ4v) is 1.64. The molecule has 0 unspecified atom stereocenters. The van der Waals surface area contributed by atoms with E-state index < -0.39 is 0 Å². The van der Waals surface area contributed by atoms with Crippen LogP contribution in [0, 0.1) is 0 Å². The van der Waals surface area contributed by atoms with E-state index in [1.165, 1.54) is 0 Å². The molecule has 0 saturated carbocycles. The first kappa shape index (κ1) is 10.0. The van der Waals surface area contributed by atoms with Crippen LogP contribution < -0.4 is 0 Å². The van der Waals surface area contributed by atoms with Crippen molar-refractivity contribution in [2.45, 2.75) is 25.8 Å². The number of likely N-dealkylation sites (tertiary alicyclic amines) is 1. The van der Waals surface area contributed by atoms with Gasteiger partial charge in [-0.25, -0.2) is 0 Å². The Morgan fingerprint density at radius 3 is 2.38 bits per heavy atom. The summed E-state index contributed by atoms with van der Waals surface area (Å²) in [7, 11) is 1.74. The predicted octanol–water partition coefficient (Wildman–Crippen LogP) is -0.00370. The maximum atomic E-state index is 11.0. The fourth-order valence-electron chi connectivity index (χ4n) is 1.64. The lowest BCUT2D eigenvalue weighted by Gasteiger charge is -2.34. The first-order valence-corrected chi connectivity index (χ1v) is 4.51. The lowest BCUT2D eigenvalue weighted by molar-refractivity contribution is -0.130. The lowest BCUT2D eigenvalue weighted by Crippen LogP contribution is -2.44. The van der Waals surface area contributed by atoms with E-state index in [4.69, 9.17) is 0 Å². The van der Waals surface area contributed by atoms with Crippen LogP contribution in [-0.2, 0) is 9.59 Å². The molecule has 1 aliphatic heterocycles. The summed E-state index contributed by atoms with van der Waals surface area (Å²) in [5.41, 5.74) is 0. The number of carbonyl (C=O) groups excluding carboxylic acids is 2. The van der Waals surface area contributed by atoms with Crippen LogP contribution >= 0.6 is 0 Å². The van der Waals surface area contributed by atoms with Gasteiger partial charge in [0.25, 0.3) is 0 Å². The molecule has 4 heteroatoms. The van der Waals surface area contributed by atoms with Crippen molar-refractivity contribution in [2.24, 2.45) is 0 Å². The molecule has 1 saturated heterocycles. The van der Waals surface area contributed by atoms with E-state index in [-0.39, 0.29) is 11.9 Å². The smallest absolute Gasteiger partial charge is 0.312 e. The minimum Gasteiger partial charge on any atom is -0.343 e. The molecular weight excluding hydrogens is 168 g/mol.